The molecule has 0 saturated carbocycles. The molecule has 3 aromatic heterocycles. The van der Waals surface area contributed by atoms with Crippen LogP contribution in [0.25, 0.3) is 28.2 Å². The predicted octanol–water partition coefficient (Wildman–Crippen LogP) is 3.34. The van der Waals surface area contributed by atoms with E-state index in [4.69, 9.17) is 18.7 Å². The number of hydrogen-bond donors (Lipinski definition) is 1. The average Bonchev–Trinajstić information content (AvgIpc) is 3.60. The summed E-state index contributed by atoms with van der Waals surface area (Å²) in [6, 6.07) is 7.53. The van der Waals surface area contributed by atoms with Crippen LogP contribution in [0.4, 0.5) is 0 Å². The summed E-state index contributed by atoms with van der Waals surface area (Å²) in [6.07, 6.45) is 1.85. The molecule has 2 aliphatic rings. The molecule has 0 radical (unpaired) electrons. The maximum Gasteiger partial charge on any atom is 0.275 e. The monoisotopic (exact) mass is 493 g/mol. The van der Waals surface area contributed by atoms with Gasteiger partial charge in [-0.15, -0.1) is 0 Å². The van der Waals surface area contributed by atoms with Gasteiger partial charge in [-0.05, 0) is 30.5 Å². The number of methoxy groups -OCH3 is 1. The number of hydrogen-bond acceptors (Lipinski definition) is 7. The van der Waals surface area contributed by atoms with Crippen molar-refractivity contribution in [3.63, 3.8) is 0 Å². The molecule has 0 bridgehead atoms. The lowest BCUT2D eigenvalue weighted by atomic mass is 9.92. The molecule has 0 atom stereocenters. The zero-order valence-electron chi connectivity index (χ0n) is 22.5. The fourth-order valence-electron chi connectivity index (χ4n) is 4.54. The van der Waals surface area contributed by atoms with Gasteiger partial charge in [0.05, 0.1) is 29.7 Å². The normalized spacial score (nSPS) is 17.2. The maximum atomic E-state index is 14.0. The van der Waals surface area contributed by atoms with Gasteiger partial charge in [-0.3, -0.25) is 9.48 Å². The van der Waals surface area contributed by atoms with Crippen LogP contribution in [0.5, 0.6) is 11.5 Å². The lowest BCUT2D eigenvalue weighted by Crippen LogP contribution is -2.67. The molecule has 2 aliphatic heterocycles. The first-order valence-electron chi connectivity index (χ1n) is 12.7. The second kappa shape index (κ2) is 7.96. The number of rotatable bonds is 5. The van der Waals surface area contributed by atoms with Crippen LogP contribution in [0, 0.1) is 0 Å². The first-order chi connectivity index (χ1) is 18.1. The van der Waals surface area contributed by atoms with Gasteiger partial charge in [-0.2, -0.15) is 21.5 Å². The minimum absolute atomic E-state index is 0.0590. The van der Waals surface area contributed by atoms with Crippen molar-refractivity contribution in [2.45, 2.75) is 19.1 Å². The zero-order valence-corrected chi connectivity index (χ0v) is 20.3. The number of fused-ring (bicyclic) bond motifs is 3. The first kappa shape index (κ1) is 18.7. The van der Waals surface area contributed by atoms with Crippen LogP contribution >= 0.6 is 11.3 Å². The number of carbonyl (C=O) groups excluding carboxylic acids is 1. The molecule has 1 fully saturated rings. The van der Waals surface area contributed by atoms with E-state index in [1.807, 2.05) is 48.3 Å². The largest absolute Gasteiger partial charge is 0.496 e. The second-order valence-electron chi connectivity index (χ2n) is 9.02. The highest BCUT2D eigenvalue weighted by Crippen LogP contribution is 2.46. The van der Waals surface area contributed by atoms with Crippen molar-refractivity contribution >= 4 is 17.2 Å². The van der Waals surface area contributed by atoms with Crippen molar-refractivity contribution in [3.05, 3.63) is 52.5 Å². The highest BCUT2D eigenvalue weighted by Gasteiger charge is 2.41. The van der Waals surface area contributed by atoms with E-state index in [9.17, 15) is 4.79 Å². The molecule has 1 N–H and O–H groups in total. The third-order valence-corrected chi connectivity index (χ3v) is 7.28. The predicted molar refractivity (Wildman–Crippen MR) is 133 cm³/mol. The molecular weight excluding hydrogens is 464 g/mol. The molecular formula is C25H26N6O3S. The van der Waals surface area contributed by atoms with Crippen LogP contribution in [0.1, 0.15) is 27.1 Å². The Balaban J connectivity index is 1.57. The summed E-state index contributed by atoms with van der Waals surface area (Å²) in [4.78, 5) is 15.0. The van der Waals surface area contributed by atoms with Crippen LogP contribution in [-0.2, 0) is 13.7 Å². The van der Waals surface area contributed by atoms with Gasteiger partial charge in [-0.25, -0.2) is 4.68 Å². The lowest BCUT2D eigenvalue weighted by molar-refractivity contribution is 0.0448. The molecule has 0 unspecified atom stereocenters. The molecule has 1 saturated heterocycles. The van der Waals surface area contributed by atoms with Gasteiger partial charge in [0, 0.05) is 65.6 Å². The molecule has 9 nitrogen and oxygen atoms in total. The Labute approximate surface area is 211 Å². The van der Waals surface area contributed by atoms with E-state index in [0.717, 1.165) is 21.8 Å². The third kappa shape index (κ3) is 3.35. The van der Waals surface area contributed by atoms with E-state index in [1.54, 1.807) is 23.4 Å². The smallest absolute Gasteiger partial charge is 0.275 e. The van der Waals surface area contributed by atoms with Crippen LogP contribution in [-0.4, -0.2) is 63.1 Å². The Morgan fingerprint density at radius 1 is 1.31 bits per heavy atom. The molecule has 35 heavy (non-hydrogen) atoms. The van der Waals surface area contributed by atoms with Crippen molar-refractivity contribution in [1.29, 1.82) is 0 Å². The standard InChI is InChI=1S/C25H26N6O3S/c1-25(13-26-14-25)30(3)24(32)22-18-11-34-21-10-20(33-4)16(19-5-7-29(2)27-19)9-17(21)23(18)31(28-22)15-6-8-35-12-15/h5-10,12,26H,11,13-14H2,1-4H3/i3D3. The lowest BCUT2D eigenvalue weighted by Gasteiger charge is -2.46. The molecule has 10 heteroatoms. The van der Waals surface area contributed by atoms with Crippen molar-refractivity contribution in [1.82, 2.24) is 29.8 Å². The van der Waals surface area contributed by atoms with Crippen molar-refractivity contribution in [3.8, 4) is 39.7 Å². The van der Waals surface area contributed by atoms with Crippen molar-refractivity contribution in [2.24, 2.45) is 7.05 Å². The number of nitrogens with zero attached hydrogens (tertiary/aromatic N) is 5. The van der Waals surface area contributed by atoms with E-state index in [0.29, 0.717) is 41.4 Å². The van der Waals surface area contributed by atoms with Crippen molar-refractivity contribution < 1.29 is 18.4 Å². The first-order valence-corrected chi connectivity index (χ1v) is 12.1. The number of nitrogens with one attached hydrogen (secondary N) is 1. The van der Waals surface area contributed by atoms with E-state index in [1.165, 1.54) is 11.3 Å². The molecule has 5 heterocycles. The zero-order chi connectivity index (χ0) is 26.8. The fourth-order valence-corrected chi connectivity index (χ4v) is 5.15. The summed E-state index contributed by atoms with van der Waals surface area (Å²) in [6.45, 7) is -0.0368. The highest BCUT2D eigenvalue weighted by atomic mass is 32.1. The van der Waals surface area contributed by atoms with Gasteiger partial charge in [0.2, 0.25) is 0 Å². The Morgan fingerprint density at radius 3 is 2.80 bits per heavy atom. The number of aryl methyl sites for hydroxylation is 1. The molecule has 4 aromatic rings. The van der Waals surface area contributed by atoms with Gasteiger partial charge in [0.1, 0.15) is 18.1 Å². The van der Waals surface area contributed by atoms with Crippen molar-refractivity contribution in [2.75, 3.05) is 27.2 Å². The van der Waals surface area contributed by atoms with Crippen LogP contribution < -0.4 is 14.8 Å². The molecule has 0 aliphatic carbocycles. The third-order valence-electron chi connectivity index (χ3n) is 6.61. The summed E-state index contributed by atoms with van der Waals surface area (Å²) in [5, 5.41) is 16.2. The molecule has 0 spiro atoms. The topological polar surface area (TPSA) is 86.4 Å². The van der Waals surface area contributed by atoms with Crippen LogP contribution in [0.15, 0.2) is 41.2 Å². The number of amides is 1. The molecule has 1 amide bonds. The summed E-state index contributed by atoms with van der Waals surface area (Å²) in [5.74, 6) is 0.528. The van der Waals surface area contributed by atoms with Gasteiger partial charge in [0.15, 0.2) is 5.69 Å². The number of likely N-dealkylation sites (N-methyl/N-ethyl adjacent to an activating group) is 1. The Kier molecular flexibility index (Phi) is 4.25. The summed E-state index contributed by atoms with van der Waals surface area (Å²) < 4.78 is 39.7. The molecule has 180 valence electrons. The van der Waals surface area contributed by atoms with Gasteiger partial charge < -0.3 is 19.7 Å². The minimum atomic E-state index is -2.64. The number of ether oxygens (including phenoxy) is 2. The van der Waals surface area contributed by atoms with E-state index < -0.39 is 18.4 Å². The summed E-state index contributed by atoms with van der Waals surface area (Å²) >= 11 is 1.50. The Hall–Kier alpha value is -3.63. The van der Waals surface area contributed by atoms with Crippen LogP contribution in [0.3, 0.4) is 0 Å². The average molecular weight is 494 g/mol. The molecule has 6 rings (SSSR count). The number of thiophene rings is 1. The number of aromatic nitrogens is 4. The van der Waals surface area contributed by atoms with Gasteiger partial charge in [0.25, 0.3) is 5.91 Å². The SMILES string of the molecule is [2H]C([2H])([2H])N(C(=O)c1nn(-c2ccsc2)c2c1COc1cc(OC)c(-c3ccn(C)n3)cc1-2)C1(C)CNC1. The van der Waals surface area contributed by atoms with E-state index >= 15 is 0 Å². The fraction of sp³-hybridized carbons (Fsp3) is 0.320. The maximum absolute atomic E-state index is 14.0. The number of carbonyl (C=O) groups is 1. The van der Waals surface area contributed by atoms with E-state index in [2.05, 4.69) is 10.4 Å². The quantitative estimate of drug-likeness (QED) is 0.459. The van der Waals surface area contributed by atoms with E-state index in [-0.39, 0.29) is 12.3 Å². The van der Waals surface area contributed by atoms with Crippen LogP contribution in [0.2, 0.25) is 0 Å². The Bertz CT molecular complexity index is 1540. The number of benzene rings is 1. The second-order valence-corrected chi connectivity index (χ2v) is 9.80. The minimum Gasteiger partial charge on any atom is -0.496 e. The summed E-state index contributed by atoms with van der Waals surface area (Å²) in [5.41, 5.74) is 3.38. The molecule has 1 aromatic carbocycles. The highest BCUT2D eigenvalue weighted by molar-refractivity contribution is 7.08. The van der Waals surface area contributed by atoms with Gasteiger partial charge >= 0.3 is 0 Å². The van der Waals surface area contributed by atoms with Gasteiger partial charge in [-0.1, -0.05) is 0 Å². The Morgan fingerprint density at radius 2 is 2.17 bits per heavy atom. The summed E-state index contributed by atoms with van der Waals surface area (Å²) in [7, 11) is 3.43.